The molecule has 1 aromatic rings. The first-order valence-corrected chi connectivity index (χ1v) is 7.59. The number of hydrogen-bond acceptors (Lipinski definition) is 3. The van der Waals surface area contributed by atoms with E-state index in [0.29, 0.717) is 5.41 Å². The summed E-state index contributed by atoms with van der Waals surface area (Å²) in [7, 11) is 3.89. The molecule has 1 N–H and O–H groups in total. The van der Waals surface area contributed by atoms with Gasteiger partial charge in [-0.2, -0.15) is 0 Å². The summed E-state index contributed by atoms with van der Waals surface area (Å²) in [5, 5.41) is 3.53. The Morgan fingerprint density at radius 1 is 1.30 bits per heavy atom. The number of anilines is 1. The highest BCUT2D eigenvalue weighted by molar-refractivity contribution is 5.48. The van der Waals surface area contributed by atoms with Gasteiger partial charge >= 0.3 is 0 Å². The predicted octanol–water partition coefficient (Wildman–Crippen LogP) is 3.16. The molecule has 0 spiro atoms. The van der Waals surface area contributed by atoms with E-state index in [2.05, 4.69) is 43.2 Å². The molecule has 3 nitrogen and oxygen atoms in total. The van der Waals surface area contributed by atoms with Crippen molar-refractivity contribution in [3.63, 3.8) is 0 Å². The van der Waals surface area contributed by atoms with Crippen molar-refractivity contribution >= 4 is 5.69 Å². The molecule has 1 unspecified atom stereocenters. The minimum Gasteiger partial charge on any atom is -0.497 e. The number of nitrogens with one attached hydrogen (secondary N) is 1. The Balaban J connectivity index is 1.99. The molecule has 1 fully saturated rings. The summed E-state index contributed by atoms with van der Waals surface area (Å²) in [6, 6.07) is 8.32. The van der Waals surface area contributed by atoms with Gasteiger partial charge in [-0.15, -0.1) is 0 Å². The highest BCUT2D eigenvalue weighted by Crippen LogP contribution is 2.33. The topological polar surface area (TPSA) is 24.5 Å². The van der Waals surface area contributed by atoms with Gasteiger partial charge in [-0.25, -0.2) is 0 Å². The summed E-state index contributed by atoms with van der Waals surface area (Å²) in [4.78, 5) is 2.36. The standard InChI is InChI=1S/C17H28N2O/c1-17(2,14-6-5-11-18-12-14)13-19(3)15-7-9-16(20-4)10-8-15/h7-10,14,18H,5-6,11-13H2,1-4H3. The zero-order chi connectivity index (χ0) is 14.6. The highest BCUT2D eigenvalue weighted by atomic mass is 16.5. The molecule has 0 bridgehead atoms. The third-order valence-corrected chi connectivity index (χ3v) is 4.56. The van der Waals surface area contributed by atoms with Crippen LogP contribution < -0.4 is 15.0 Å². The van der Waals surface area contributed by atoms with Crippen LogP contribution in [0.2, 0.25) is 0 Å². The second-order valence-corrected chi connectivity index (χ2v) is 6.59. The van der Waals surface area contributed by atoms with Crippen LogP contribution >= 0.6 is 0 Å². The van der Waals surface area contributed by atoms with Crippen molar-refractivity contribution < 1.29 is 4.74 Å². The van der Waals surface area contributed by atoms with Gasteiger partial charge in [-0.05, 0) is 61.5 Å². The van der Waals surface area contributed by atoms with Crippen LogP contribution in [0.1, 0.15) is 26.7 Å². The fraction of sp³-hybridized carbons (Fsp3) is 0.647. The van der Waals surface area contributed by atoms with Crippen molar-refractivity contribution in [2.24, 2.45) is 11.3 Å². The van der Waals surface area contributed by atoms with Crippen molar-refractivity contribution in [2.45, 2.75) is 26.7 Å². The number of nitrogens with zero attached hydrogens (tertiary/aromatic N) is 1. The SMILES string of the molecule is COc1ccc(N(C)CC(C)(C)C2CCCNC2)cc1. The Bertz CT molecular complexity index is 408. The van der Waals surface area contributed by atoms with Crippen LogP contribution in [0.5, 0.6) is 5.75 Å². The van der Waals surface area contributed by atoms with Crippen LogP contribution in [-0.4, -0.2) is 33.8 Å². The first kappa shape index (κ1) is 15.2. The Morgan fingerprint density at radius 2 is 2.00 bits per heavy atom. The molecule has 1 aliphatic rings. The number of rotatable bonds is 5. The van der Waals surface area contributed by atoms with Gasteiger partial charge in [0.1, 0.15) is 5.75 Å². The van der Waals surface area contributed by atoms with E-state index in [4.69, 9.17) is 4.74 Å². The van der Waals surface area contributed by atoms with Crippen molar-refractivity contribution in [1.82, 2.24) is 5.32 Å². The van der Waals surface area contributed by atoms with E-state index in [9.17, 15) is 0 Å². The van der Waals surface area contributed by atoms with Gasteiger partial charge in [0.2, 0.25) is 0 Å². The van der Waals surface area contributed by atoms with Gasteiger partial charge in [0, 0.05) is 19.3 Å². The molecule has 1 aromatic carbocycles. The molecule has 1 atom stereocenters. The summed E-state index contributed by atoms with van der Waals surface area (Å²) < 4.78 is 5.22. The second kappa shape index (κ2) is 6.49. The Morgan fingerprint density at radius 3 is 2.55 bits per heavy atom. The minimum atomic E-state index is 0.322. The molecule has 1 aliphatic heterocycles. The third-order valence-electron chi connectivity index (χ3n) is 4.56. The van der Waals surface area contributed by atoms with Crippen molar-refractivity contribution in [3.05, 3.63) is 24.3 Å². The van der Waals surface area contributed by atoms with Crippen LogP contribution in [-0.2, 0) is 0 Å². The molecule has 20 heavy (non-hydrogen) atoms. The van der Waals surface area contributed by atoms with Crippen LogP contribution in [0.4, 0.5) is 5.69 Å². The summed E-state index contributed by atoms with van der Waals surface area (Å²) in [5.41, 5.74) is 1.57. The lowest BCUT2D eigenvalue weighted by Crippen LogP contribution is -2.44. The van der Waals surface area contributed by atoms with Gasteiger partial charge in [0.25, 0.3) is 0 Å². The molecule has 0 radical (unpaired) electrons. The van der Waals surface area contributed by atoms with Gasteiger partial charge < -0.3 is 15.0 Å². The maximum atomic E-state index is 5.22. The summed E-state index contributed by atoms with van der Waals surface area (Å²) in [6.07, 6.45) is 2.65. The number of methoxy groups -OCH3 is 1. The average Bonchev–Trinajstić information content (AvgIpc) is 2.48. The lowest BCUT2D eigenvalue weighted by atomic mass is 9.74. The summed E-state index contributed by atoms with van der Waals surface area (Å²) in [5.74, 6) is 1.68. The third kappa shape index (κ3) is 3.66. The monoisotopic (exact) mass is 276 g/mol. The smallest absolute Gasteiger partial charge is 0.119 e. The van der Waals surface area contributed by atoms with E-state index in [1.54, 1.807) is 7.11 Å². The fourth-order valence-corrected chi connectivity index (χ4v) is 3.19. The number of hydrogen-bond donors (Lipinski definition) is 1. The molecule has 1 heterocycles. The van der Waals surface area contributed by atoms with Crippen LogP contribution in [0.3, 0.4) is 0 Å². The Hall–Kier alpha value is -1.22. The fourth-order valence-electron chi connectivity index (χ4n) is 3.19. The summed E-state index contributed by atoms with van der Waals surface area (Å²) in [6.45, 7) is 8.20. The van der Waals surface area contributed by atoms with E-state index in [0.717, 1.165) is 24.8 Å². The first-order chi connectivity index (χ1) is 9.53. The molecule has 0 saturated carbocycles. The normalized spacial score (nSPS) is 19.7. The zero-order valence-corrected chi connectivity index (χ0v) is 13.3. The van der Waals surface area contributed by atoms with E-state index in [-0.39, 0.29) is 0 Å². The van der Waals surface area contributed by atoms with Crippen molar-refractivity contribution in [1.29, 1.82) is 0 Å². The molecular formula is C17H28N2O. The van der Waals surface area contributed by atoms with Crippen LogP contribution in [0.25, 0.3) is 0 Å². The van der Waals surface area contributed by atoms with Crippen molar-refractivity contribution in [2.75, 3.05) is 38.7 Å². The van der Waals surface area contributed by atoms with Gasteiger partial charge in [-0.3, -0.25) is 0 Å². The van der Waals surface area contributed by atoms with Crippen LogP contribution in [0, 0.1) is 11.3 Å². The minimum absolute atomic E-state index is 0.322. The molecule has 1 saturated heterocycles. The lowest BCUT2D eigenvalue weighted by Gasteiger charge is -2.40. The predicted molar refractivity (Wildman–Crippen MR) is 85.6 cm³/mol. The Kier molecular flexibility index (Phi) is 4.92. The van der Waals surface area contributed by atoms with E-state index in [1.165, 1.54) is 25.1 Å². The molecule has 3 heteroatoms. The molecule has 112 valence electrons. The van der Waals surface area contributed by atoms with Gasteiger partial charge in [0.15, 0.2) is 0 Å². The quantitative estimate of drug-likeness (QED) is 0.894. The van der Waals surface area contributed by atoms with E-state index < -0.39 is 0 Å². The maximum Gasteiger partial charge on any atom is 0.119 e. The lowest BCUT2D eigenvalue weighted by molar-refractivity contribution is 0.178. The van der Waals surface area contributed by atoms with Gasteiger partial charge in [0.05, 0.1) is 7.11 Å². The highest BCUT2D eigenvalue weighted by Gasteiger charge is 2.31. The molecule has 0 amide bonds. The number of benzene rings is 1. The number of ether oxygens (including phenoxy) is 1. The van der Waals surface area contributed by atoms with E-state index >= 15 is 0 Å². The molecule has 2 rings (SSSR count). The largest absolute Gasteiger partial charge is 0.497 e. The van der Waals surface area contributed by atoms with Crippen molar-refractivity contribution in [3.8, 4) is 5.75 Å². The molecular weight excluding hydrogens is 248 g/mol. The summed E-state index contributed by atoms with van der Waals surface area (Å²) >= 11 is 0. The van der Waals surface area contributed by atoms with Gasteiger partial charge in [-0.1, -0.05) is 13.8 Å². The average molecular weight is 276 g/mol. The Labute approximate surface area is 123 Å². The van der Waals surface area contributed by atoms with E-state index in [1.807, 2.05) is 12.1 Å². The first-order valence-electron chi connectivity index (χ1n) is 7.59. The second-order valence-electron chi connectivity index (χ2n) is 6.59. The zero-order valence-electron chi connectivity index (χ0n) is 13.3. The molecule has 0 aromatic heterocycles. The maximum absolute atomic E-state index is 5.22. The van der Waals surface area contributed by atoms with Crippen LogP contribution in [0.15, 0.2) is 24.3 Å². The number of piperidine rings is 1. The molecule has 0 aliphatic carbocycles.